The van der Waals surface area contributed by atoms with E-state index in [4.69, 9.17) is 9.84 Å². The lowest BCUT2D eigenvalue weighted by Crippen LogP contribution is -2.40. The highest BCUT2D eigenvalue weighted by Gasteiger charge is 2.35. The Kier molecular flexibility index (Phi) is 4.11. The second kappa shape index (κ2) is 5.51. The van der Waals surface area contributed by atoms with Crippen LogP contribution in [0.3, 0.4) is 0 Å². The summed E-state index contributed by atoms with van der Waals surface area (Å²) in [6, 6.07) is -0.220. The lowest BCUT2D eigenvalue weighted by molar-refractivity contribution is -0.137. The Hall–Kier alpha value is -1.45. The Balaban J connectivity index is 2.21. The number of hydrogen-bond acceptors (Lipinski definition) is 5. The molecule has 20 heavy (non-hydrogen) atoms. The Morgan fingerprint density at radius 1 is 1.65 bits per heavy atom. The van der Waals surface area contributed by atoms with E-state index in [2.05, 4.69) is 5.10 Å². The third-order valence-electron chi connectivity index (χ3n) is 3.39. The van der Waals surface area contributed by atoms with Crippen molar-refractivity contribution in [2.75, 3.05) is 13.7 Å². The molecule has 112 valence electrons. The van der Waals surface area contributed by atoms with Crippen molar-refractivity contribution in [1.29, 1.82) is 0 Å². The van der Waals surface area contributed by atoms with Gasteiger partial charge in [-0.1, -0.05) is 0 Å². The number of ether oxygens (including phenoxy) is 1. The molecule has 9 heteroatoms. The second-order valence-corrected chi connectivity index (χ2v) is 6.72. The first-order chi connectivity index (χ1) is 9.32. The van der Waals surface area contributed by atoms with Gasteiger partial charge >= 0.3 is 5.97 Å². The van der Waals surface area contributed by atoms with Crippen LogP contribution in [0.4, 0.5) is 0 Å². The maximum Gasteiger partial charge on any atom is 0.325 e. The number of likely N-dealkylation sites (N-methyl/N-ethyl adjacent to an activating group) is 1. The summed E-state index contributed by atoms with van der Waals surface area (Å²) < 4.78 is 32.6. The molecule has 0 aromatic carbocycles. The quantitative estimate of drug-likeness (QED) is 0.806. The smallest absolute Gasteiger partial charge is 0.325 e. The average molecular weight is 303 g/mol. The van der Waals surface area contributed by atoms with Crippen molar-refractivity contribution in [2.45, 2.75) is 36.9 Å². The van der Waals surface area contributed by atoms with E-state index in [0.29, 0.717) is 13.0 Å². The van der Waals surface area contributed by atoms with E-state index in [0.717, 1.165) is 10.9 Å². The highest BCUT2D eigenvalue weighted by molar-refractivity contribution is 7.89. The Labute approximate surface area is 117 Å². The first-order valence-corrected chi connectivity index (χ1v) is 7.60. The zero-order valence-corrected chi connectivity index (χ0v) is 12.1. The molecule has 8 nitrogen and oxygen atoms in total. The highest BCUT2D eigenvalue weighted by atomic mass is 32.2. The van der Waals surface area contributed by atoms with Crippen LogP contribution in [0, 0.1) is 0 Å². The van der Waals surface area contributed by atoms with Gasteiger partial charge in [-0.25, -0.2) is 8.42 Å². The fourth-order valence-corrected chi connectivity index (χ4v) is 3.65. The van der Waals surface area contributed by atoms with Crippen LogP contribution in [0.1, 0.15) is 13.3 Å². The molecule has 1 saturated heterocycles. The van der Waals surface area contributed by atoms with Crippen molar-refractivity contribution in [1.82, 2.24) is 14.1 Å². The number of rotatable bonds is 5. The highest BCUT2D eigenvalue weighted by Crippen LogP contribution is 2.24. The molecule has 1 aromatic rings. The largest absolute Gasteiger partial charge is 0.480 e. The summed E-state index contributed by atoms with van der Waals surface area (Å²) in [4.78, 5) is 10.6. The minimum absolute atomic E-state index is 0.0136. The molecule has 1 N–H and O–H groups in total. The van der Waals surface area contributed by atoms with Gasteiger partial charge in [0.05, 0.1) is 18.3 Å². The number of hydrogen-bond donors (Lipinski definition) is 1. The lowest BCUT2D eigenvalue weighted by Gasteiger charge is -2.25. The van der Waals surface area contributed by atoms with Gasteiger partial charge in [-0.15, -0.1) is 0 Å². The standard InChI is InChI=1S/C11H17N3O5S/c1-8-10(3-4-19-8)13(2)20(17,18)9-5-12-14(6-9)7-11(15)16/h5-6,8,10H,3-4,7H2,1-2H3,(H,15,16). The molecule has 0 amide bonds. The molecular weight excluding hydrogens is 286 g/mol. The van der Waals surface area contributed by atoms with E-state index < -0.39 is 16.0 Å². The van der Waals surface area contributed by atoms with Crippen LogP contribution in [0.2, 0.25) is 0 Å². The normalized spacial score (nSPS) is 23.4. The molecule has 0 aliphatic carbocycles. The summed E-state index contributed by atoms with van der Waals surface area (Å²) in [5.74, 6) is -1.08. The molecule has 2 heterocycles. The van der Waals surface area contributed by atoms with Gasteiger partial charge < -0.3 is 9.84 Å². The third-order valence-corrected chi connectivity index (χ3v) is 5.22. The summed E-state index contributed by atoms with van der Waals surface area (Å²) in [6.45, 7) is 1.99. The molecular formula is C11H17N3O5S. The van der Waals surface area contributed by atoms with Gasteiger partial charge in [0.25, 0.3) is 0 Å². The number of nitrogens with zero attached hydrogens (tertiary/aromatic N) is 3. The number of carbonyl (C=O) groups is 1. The van der Waals surface area contributed by atoms with Crippen molar-refractivity contribution in [2.24, 2.45) is 0 Å². The van der Waals surface area contributed by atoms with Gasteiger partial charge in [0.15, 0.2) is 0 Å². The Morgan fingerprint density at radius 2 is 2.35 bits per heavy atom. The van der Waals surface area contributed by atoms with E-state index >= 15 is 0 Å². The van der Waals surface area contributed by atoms with E-state index in [9.17, 15) is 13.2 Å². The van der Waals surface area contributed by atoms with Crippen molar-refractivity contribution < 1.29 is 23.1 Å². The van der Waals surface area contributed by atoms with Gasteiger partial charge in [-0.3, -0.25) is 9.48 Å². The summed E-state index contributed by atoms with van der Waals surface area (Å²) in [7, 11) is -2.19. The average Bonchev–Trinajstić information content (AvgIpc) is 2.96. The van der Waals surface area contributed by atoms with Gasteiger partial charge in [0.2, 0.25) is 10.0 Å². The second-order valence-electron chi connectivity index (χ2n) is 4.72. The molecule has 0 radical (unpaired) electrons. The summed E-state index contributed by atoms with van der Waals surface area (Å²) in [5, 5.41) is 12.4. The number of aliphatic carboxylic acids is 1. The van der Waals surface area contributed by atoms with Crippen molar-refractivity contribution in [3.63, 3.8) is 0 Å². The fraction of sp³-hybridized carbons (Fsp3) is 0.636. The van der Waals surface area contributed by atoms with Gasteiger partial charge in [0, 0.05) is 19.9 Å². The van der Waals surface area contributed by atoms with Crippen LogP contribution in [-0.4, -0.2) is 59.4 Å². The van der Waals surface area contributed by atoms with Crippen molar-refractivity contribution >= 4 is 16.0 Å². The van der Waals surface area contributed by atoms with Gasteiger partial charge in [-0.05, 0) is 13.3 Å². The van der Waals surface area contributed by atoms with Crippen LogP contribution in [-0.2, 0) is 26.1 Å². The maximum atomic E-state index is 12.4. The lowest BCUT2D eigenvalue weighted by atomic mass is 10.2. The molecule has 1 aromatic heterocycles. The first-order valence-electron chi connectivity index (χ1n) is 6.16. The zero-order chi connectivity index (χ0) is 14.9. The molecule has 2 unspecified atom stereocenters. The first kappa shape index (κ1) is 14.9. The maximum absolute atomic E-state index is 12.4. The third kappa shape index (κ3) is 2.84. The molecule has 1 fully saturated rings. The molecule has 0 bridgehead atoms. The summed E-state index contributed by atoms with van der Waals surface area (Å²) in [5.41, 5.74) is 0. The van der Waals surface area contributed by atoms with Crippen LogP contribution in [0.5, 0.6) is 0 Å². The number of carboxylic acid groups (broad SMARTS) is 1. The van der Waals surface area contributed by atoms with Gasteiger partial charge in [-0.2, -0.15) is 9.40 Å². The molecule has 1 aliphatic rings. The van der Waals surface area contributed by atoms with Gasteiger partial charge in [0.1, 0.15) is 11.4 Å². The Bertz CT molecular complexity index is 597. The van der Waals surface area contributed by atoms with Crippen LogP contribution < -0.4 is 0 Å². The van der Waals surface area contributed by atoms with Crippen molar-refractivity contribution in [3.05, 3.63) is 12.4 Å². The molecule has 2 rings (SSSR count). The van der Waals surface area contributed by atoms with E-state index in [1.807, 2.05) is 6.92 Å². The Morgan fingerprint density at radius 3 is 2.90 bits per heavy atom. The zero-order valence-electron chi connectivity index (χ0n) is 11.3. The monoisotopic (exact) mass is 303 g/mol. The van der Waals surface area contributed by atoms with Crippen molar-refractivity contribution in [3.8, 4) is 0 Å². The van der Waals surface area contributed by atoms with E-state index in [1.165, 1.54) is 17.5 Å². The van der Waals surface area contributed by atoms with Crippen LogP contribution in [0.15, 0.2) is 17.3 Å². The number of sulfonamides is 1. The number of aromatic nitrogens is 2. The minimum atomic E-state index is -3.69. The molecule has 1 aliphatic heterocycles. The predicted octanol–water partition coefficient (Wildman–Crippen LogP) is -0.234. The molecule has 0 saturated carbocycles. The summed E-state index contributed by atoms with van der Waals surface area (Å²) >= 11 is 0. The van der Waals surface area contributed by atoms with E-state index in [-0.39, 0.29) is 23.6 Å². The minimum Gasteiger partial charge on any atom is -0.480 e. The SMILES string of the molecule is CC1OCCC1N(C)S(=O)(=O)c1cnn(CC(=O)O)c1. The predicted molar refractivity (Wildman–Crippen MR) is 68.6 cm³/mol. The number of carboxylic acids is 1. The van der Waals surface area contributed by atoms with Crippen LogP contribution >= 0.6 is 0 Å². The fourth-order valence-electron chi connectivity index (χ4n) is 2.25. The topological polar surface area (TPSA) is 102 Å². The molecule has 2 atom stereocenters. The summed E-state index contributed by atoms with van der Waals surface area (Å²) in [6.07, 6.45) is 2.86. The van der Waals surface area contributed by atoms with E-state index in [1.54, 1.807) is 0 Å². The van der Waals surface area contributed by atoms with Crippen LogP contribution in [0.25, 0.3) is 0 Å². The molecule has 0 spiro atoms.